The van der Waals surface area contributed by atoms with Gasteiger partial charge in [0.2, 0.25) is 11.6 Å². The van der Waals surface area contributed by atoms with Gasteiger partial charge in [-0.3, -0.25) is 10.1 Å². The van der Waals surface area contributed by atoms with Crippen LogP contribution in [0.5, 0.6) is 11.5 Å². The van der Waals surface area contributed by atoms with E-state index in [4.69, 9.17) is 9.47 Å². The van der Waals surface area contributed by atoms with Crippen LogP contribution in [-0.4, -0.2) is 37.9 Å². The number of nitro groups is 1. The summed E-state index contributed by atoms with van der Waals surface area (Å²) in [7, 11) is 0. The van der Waals surface area contributed by atoms with Crippen molar-refractivity contribution in [3.63, 3.8) is 0 Å². The maximum Gasteiger partial charge on any atom is 0.355 e. The molecule has 0 bridgehead atoms. The van der Waals surface area contributed by atoms with Crippen LogP contribution in [0.4, 0.5) is 17.2 Å². The Morgan fingerprint density at radius 2 is 1.93 bits per heavy atom. The van der Waals surface area contributed by atoms with E-state index >= 15 is 0 Å². The number of rotatable bonds is 4. The summed E-state index contributed by atoms with van der Waals surface area (Å²) in [6.45, 7) is 4.56. The van der Waals surface area contributed by atoms with Gasteiger partial charge in [-0.15, -0.1) is 0 Å². The van der Waals surface area contributed by atoms with E-state index in [1.54, 1.807) is 25.1 Å². The van der Waals surface area contributed by atoms with E-state index < -0.39 is 4.92 Å². The average molecular weight is 368 g/mol. The Balaban J connectivity index is 1.76. The first-order chi connectivity index (χ1) is 13.0. The molecule has 138 valence electrons. The maximum absolute atomic E-state index is 11.8. The minimum absolute atomic E-state index is 0.0641. The van der Waals surface area contributed by atoms with Gasteiger partial charge in [-0.1, -0.05) is 0 Å². The molecular weight excluding hydrogens is 352 g/mol. The first kappa shape index (κ1) is 16.8. The highest BCUT2D eigenvalue weighted by atomic mass is 16.6. The molecule has 0 saturated heterocycles. The second-order valence-electron chi connectivity index (χ2n) is 5.97. The zero-order valence-electron chi connectivity index (χ0n) is 14.7. The number of anilines is 2. The van der Waals surface area contributed by atoms with Gasteiger partial charge in [0.25, 0.3) is 0 Å². The number of hydrogen-bond donors (Lipinski definition) is 1. The number of benzene rings is 1. The van der Waals surface area contributed by atoms with Gasteiger partial charge in [0.1, 0.15) is 19.5 Å². The fourth-order valence-corrected chi connectivity index (χ4v) is 2.89. The van der Waals surface area contributed by atoms with E-state index in [1.807, 2.05) is 13.0 Å². The van der Waals surface area contributed by atoms with Crippen LogP contribution >= 0.6 is 0 Å². The SMILES string of the molecule is Cc1cc(C)n(-c2ncnc(Nc3ccc4c(c3)OCCO4)c2[N+](=O)[O-])n1. The number of ether oxygens (including phenoxy) is 2. The highest BCUT2D eigenvalue weighted by molar-refractivity contribution is 5.71. The van der Waals surface area contributed by atoms with E-state index in [0.717, 1.165) is 11.4 Å². The van der Waals surface area contributed by atoms with Crippen molar-refractivity contribution in [2.45, 2.75) is 13.8 Å². The summed E-state index contributed by atoms with van der Waals surface area (Å²) < 4.78 is 12.5. The number of nitrogens with one attached hydrogen (secondary N) is 1. The molecule has 2 aromatic heterocycles. The second kappa shape index (κ2) is 6.56. The largest absolute Gasteiger partial charge is 0.486 e. The van der Waals surface area contributed by atoms with Crippen molar-refractivity contribution in [3.8, 4) is 17.3 Å². The van der Waals surface area contributed by atoms with E-state index in [9.17, 15) is 10.1 Å². The second-order valence-corrected chi connectivity index (χ2v) is 5.97. The maximum atomic E-state index is 11.8. The Morgan fingerprint density at radius 3 is 2.63 bits per heavy atom. The predicted molar refractivity (Wildman–Crippen MR) is 96.0 cm³/mol. The van der Waals surface area contributed by atoms with Crippen molar-refractivity contribution in [2.75, 3.05) is 18.5 Å². The Bertz CT molecular complexity index is 1030. The minimum Gasteiger partial charge on any atom is -0.486 e. The molecule has 0 unspecified atom stereocenters. The summed E-state index contributed by atoms with van der Waals surface area (Å²) in [4.78, 5) is 19.4. The van der Waals surface area contributed by atoms with Crippen LogP contribution in [0.3, 0.4) is 0 Å². The van der Waals surface area contributed by atoms with Gasteiger partial charge in [0, 0.05) is 17.4 Å². The monoisotopic (exact) mass is 368 g/mol. The smallest absolute Gasteiger partial charge is 0.355 e. The van der Waals surface area contributed by atoms with Crippen LogP contribution in [0.15, 0.2) is 30.6 Å². The Labute approximate surface area is 153 Å². The van der Waals surface area contributed by atoms with E-state index in [-0.39, 0.29) is 17.3 Å². The molecule has 0 aliphatic carbocycles. The number of aromatic nitrogens is 4. The molecule has 10 nitrogen and oxygen atoms in total. The lowest BCUT2D eigenvalue weighted by molar-refractivity contribution is -0.384. The third kappa shape index (κ3) is 3.12. The molecule has 0 spiro atoms. The summed E-state index contributed by atoms with van der Waals surface area (Å²) in [6.07, 6.45) is 1.26. The van der Waals surface area contributed by atoms with Crippen LogP contribution < -0.4 is 14.8 Å². The van der Waals surface area contributed by atoms with Gasteiger partial charge in [0.05, 0.1) is 10.6 Å². The highest BCUT2D eigenvalue weighted by Crippen LogP contribution is 2.35. The molecule has 1 aliphatic heterocycles. The summed E-state index contributed by atoms with van der Waals surface area (Å²) in [6, 6.07) is 7.01. The third-order valence-corrected chi connectivity index (χ3v) is 4.00. The molecule has 0 amide bonds. The number of fused-ring (bicyclic) bond motifs is 1. The Kier molecular flexibility index (Phi) is 4.07. The highest BCUT2D eigenvalue weighted by Gasteiger charge is 2.26. The molecule has 0 atom stereocenters. The molecule has 3 heterocycles. The third-order valence-electron chi connectivity index (χ3n) is 4.00. The number of nitrogens with zero attached hydrogens (tertiary/aromatic N) is 5. The fraction of sp³-hybridized carbons (Fsp3) is 0.235. The number of hydrogen-bond acceptors (Lipinski definition) is 8. The average Bonchev–Trinajstić information content (AvgIpc) is 2.99. The molecule has 1 aromatic carbocycles. The van der Waals surface area contributed by atoms with Gasteiger partial charge >= 0.3 is 5.69 Å². The van der Waals surface area contributed by atoms with Crippen LogP contribution in [-0.2, 0) is 0 Å². The summed E-state index contributed by atoms with van der Waals surface area (Å²) in [5.74, 6) is 1.36. The lowest BCUT2D eigenvalue weighted by Gasteiger charge is -2.19. The van der Waals surface area contributed by atoms with Crippen molar-refractivity contribution in [1.29, 1.82) is 0 Å². The molecule has 4 rings (SSSR count). The van der Waals surface area contributed by atoms with Crippen molar-refractivity contribution >= 4 is 17.2 Å². The van der Waals surface area contributed by atoms with Crippen LogP contribution in [0.1, 0.15) is 11.4 Å². The lowest BCUT2D eigenvalue weighted by atomic mass is 10.2. The van der Waals surface area contributed by atoms with Crippen LogP contribution in [0.2, 0.25) is 0 Å². The van der Waals surface area contributed by atoms with Gasteiger partial charge < -0.3 is 14.8 Å². The van der Waals surface area contributed by atoms with E-state index in [1.165, 1.54) is 11.0 Å². The first-order valence-corrected chi connectivity index (χ1v) is 8.22. The van der Waals surface area contributed by atoms with E-state index in [2.05, 4.69) is 20.4 Å². The fourth-order valence-electron chi connectivity index (χ4n) is 2.89. The molecule has 3 aromatic rings. The summed E-state index contributed by atoms with van der Waals surface area (Å²) in [5, 5.41) is 19.0. The summed E-state index contributed by atoms with van der Waals surface area (Å²) >= 11 is 0. The van der Waals surface area contributed by atoms with Crippen molar-refractivity contribution in [1.82, 2.24) is 19.7 Å². The number of aryl methyl sites for hydroxylation is 2. The Morgan fingerprint density at radius 1 is 1.15 bits per heavy atom. The first-order valence-electron chi connectivity index (χ1n) is 8.22. The quantitative estimate of drug-likeness (QED) is 0.552. The molecule has 1 aliphatic rings. The molecule has 1 N–H and O–H groups in total. The minimum atomic E-state index is -0.522. The Hall–Kier alpha value is -3.69. The molecule has 0 saturated carbocycles. The standard InChI is InChI=1S/C17H16N6O4/c1-10-7-11(2)22(21-10)17-15(23(24)25)16(18-9-19-17)20-12-3-4-13-14(8-12)27-6-5-26-13/h3-4,7-9H,5-6H2,1-2H3,(H,18,19,20). The van der Waals surface area contributed by atoms with Crippen molar-refractivity contribution in [3.05, 3.63) is 52.1 Å². The topological polar surface area (TPSA) is 117 Å². The lowest BCUT2D eigenvalue weighted by Crippen LogP contribution is -2.15. The van der Waals surface area contributed by atoms with Gasteiger partial charge in [-0.05, 0) is 32.0 Å². The van der Waals surface area contributed by atoms with Crippen molar-refractivity contribution < 1.29 is 14.4 Å². The molecule has 0 radical (unpaired) electrons. The summed E-state index contributed by atoms with van der Waals surface area (Å²) in [5.41, 5.74) is 1.79. The van der Waals surface area contributed by atoms with Gasteiger partial charge in [-0.2, -0.15) is 5.10 Å². The van der Waals surface area contributed by atoms with Crippen LogP contribution in [0, 0.1) is 24.0 Å². The molecular formula is C17H16N6O4. The molecule has 0 fully saturated rings. The van der Waals surface area contributed by atoms with E-state index in [0.29, 0.717) is 30.4 Å². The molecule has 10 heteroatoms. The zero-order chi connectivity index (χ0) is 19.0. The zero-order valence-corrected chi connectivity index (χ0v) is 14.7. The molecule has 27 heavy (non-hydrogen) atoms. The van der Waals surface area contributed by atoms with Gasteiger partial charge in [-0.25, -0.2) is 14.6 Å². The normalized spacial score (nSPS) is 12.7. The van der Waals surface area contributed by atoms with Crippen LogP contribution in [0.25, 0.3) is 5.82 Å². The van der Waals surface area contributed by atoms with Gasteiger partial charge in [0.15, 0.2) is 11.5 Å². The van der Waals surface area contributed by atoms with Crippen molar-refractivity contribution in [2.24, 2.45) is 0 Å². The predicted octanol–water partition coefficient (Wildman–Crippen LogP) is 2.70.